The Morgan fingerprint density at radius 1 is 0.586 bits per heavy atom. The number of unbranched alkanes of at least 4 members (excludes halogenated alkanes) is 33. The molecular formula is C60H109NO9. The number of rotatable bonds is 48. The first-order valence-electron chi connectivity index (χ1n) is 29.9. The van der Waals surface area contributed by atoms with Crippen molar-refractivity contribution in [2.45, 2.75) is 326 Å². The van der Waals surface area contributed by atoms with Crippen LogP contribution in [0.15, 0.2) is 24.3 Å². The molecule has 0 spiro atoms. The quantitative estimate of drug-likeness (QED) is 0.0350. The van der Waals surface area contributed by atoms with Crippen LogP contribution in [0.25, 0.3) is 0 Å². The van der Waals surface area contributed by atoms with E-state index < -0.39 is 55.6 Å². The standard InChI is InChI=1S/C60H109NO9/c1-3-5-7-9-11-13-15-17-18-19-20-21-22-23-24-25-26-27-29-31-33-35-37-39-55(64)61-52(56(65)53(63)38-36-34-32-30-28-16-14-12-10-8-6-4-2)48-69-60-58(67)57(66)59(54(46-62)70-60)68-47-49-40-42-50(43-41-49)51-44-45-51/h40-43,51-54,56-60,62-63,65-67H,3-39,44-48H2,1-2H3,(H,61,64)/t52-,53+,54+,56-,57+,58+,59-,60-/m0/s1. The summed E-state index contributed by atoms with van der Waals surface area (Å²) < 4.78 is 17.9. The summed E-state index contributed by atoms with van der Waals surface area (Å²) in [6, 6.07) is 7.20. The van der Waals surface area contributed by atoms with Crippen LogP contribution >= 0.6 is 0 Å². The molecule has 1 aromatic carbocycles. The first-order chi connectivity index (χ1) is 34.3. The number of benzene rings is 1. The summed E-state index contributed by atoms with van der Waals surface area (Å²) in [5, 5.41) is 58.0. The molecule has 1 amide bonds. The average molecular weight is 989 g/mol. The van der Waals surface area contributed by atoms with E-state index in [1.807, 2.05) is 12.1 Å². The first kappa shape index (κ1) is 62.7. The summed E-state index contributed by atoms with van der Waals surface area (Å²) in [7, 11) is 0. The van der Waals surface area contributed by atoms with Gasteiger partial charge in [-0.1, -0.05) is 256 Å². The Hall–Kier alpha value is -1.63. The zero-order valence-corrected chi connectivity index (χ0v) is 45.1. The first-order valence-corrected chi connectivity index (χ1v) is 29.9. The van der Waals surface area contributed by atoms with Crippen molar-refractivity contribution >= 4 is 5.91 Å². The molecular weight excluding hydrogens is 879 g/mol. The summed E-state index contributed by atoms with van der Waals surface area (Å²) in [6.45, 7) is 3.95. The minimum Gasteiger partial charge on any atom is -0.394 e. The molecule has 3 rings (SSSR count). The van der Waals surface area contributed by atoms with Crippen molar-refractivity contribution in [3.8, 4) is 0 Å². The molecule has 1 saturated heterocycles. The van der Waals surface area contributed by atoms with Gasteiger partial charge in [0.1, 0.15) is 30.5 Å². The maximum Gasteiger partial charge on any atom is 0.220 e. The largest absolute Gasteiger partial charge is 0.394 e. The van der Waals surface area contributed by atoms with E-state index in [0.29, 0.717) is 18.8 Å². The highest BCUT2D eigenvalue weighted by Crippen LogP contribution is 2.40. The maximum absolute atomic E-state index is 13.3. The lowest BCUT2D eigenvalue weighted by Gasteiger charge is -2.42. The molecule has 2 fully saturated rings. The van der Waals surface area contributed by atoms with Crippen molar-refractivity contribution < 1.29 is 44.5 Å². The molecule has 0 bridgehead atoms. The van der Waals surface area contributed by atoms with E-state index >= 15 is 0 Å². The van der Waals surface area contributed by atoms with Crippen molar-refractivity contribution in [3.05, 3.63) is 35.4 Å². The summed E-state index contributed by atoms with van der Waals surface area (Å²) in [5.41, 5.74) is 2.22. The third kappa shape index (κ3) is 29.3. The van der Waals surface area contributed by atoms with Crippen LogP contribution in [-0.2, 0) is 25.6 Å². The van der Waals surface area contributed by atoms with Crippen LogP contribution in [0.2, 0.25) is 0 Å². The van der Waals surface area contributed by atoms with Crippen LogP contribution in [0.5, 0.6) is 0 Å². The van der Waals surface area contributed by atoms with Crippen molar-refractivity contribution in [1.82, 2.24) is 5.32 Å². The molecule has 1 saturated carbocycles. The Labute approximate surface area is 428 Å². The topological polar surface area (TPSA) is 158 Å². The molecule has 408 valence electrons. The molecule has 10 heteroatoms. The van der Waals surface area contributed by atoms with Gasteiger partial charge >= 0.3 is 0 Å². The smallest absolute Gasteiger partial charge is 0.220 e. The van der Waals surface area contributed by atoms with Gasteiger partial charge in [0.05, 0.1) is 32.0 Å². The molecule has 1 aliphatic heterocycles. The average Bonchev–Trinajstić information content (AvgIpc) is 4.22. The molecule has 0 radical (unpaired) electrons. The molecule has 1 aromatic rings. The van der Waals surface area contributed by atoms with E-state index in [0.717, 1.165) is 44.1 Å². The van der Waals surface area contributed by atoms with Gasteiger partial charge in [0.2, 0.25) is 5.91 Å². The van der Waals surface area contributed by atoms with Crippen molar-refractivity contribution in [3.63, 3.8) is 0 Å². The lowest BCUT2D eigenvalue weighted by Crippen LogP contribution is -2.61. The zero-order chi connectivity index (χ0) is 50.3. The van der Waals surface area contributed by atoms with Crippen LogP contribution in [0, 0.1) is 0 Å². The number of nitrogens with one attached hydrogen (secondary N) is 1. The molecule has 1 heterocycles. The number of aliphatic hydroxyl groups excluding tert-OH is 5. The fourth-order valence-corrected chi connectivity index (χ4v) is 10.3. The number of hydrogen-bond donors (Lipinski definition) is 6. The maximum atomic E-state index is 13.3. The SMILES string of the molecule is CCCCCCCCCCCCCCCCCCCCCCCCCC(=O)N[C@@H](CO[C@H]1O[C@H](CO)[C@H](OCc2ccc(C3CC3)cc2)[C@H](O)[C@H]1O)[C@H](O)[C@H](O)CCCCCCCCCCCCCC. The fraction of sp³-hybridized carbons (Fsp3) is 0.883. The van der Waals surface area contributed by atoms with Crippen LogP contribution in [0.4, 0.5) is 0 Å². The number of hydrogen-bond acceptors (Lipinski definition) is 9. The Morgan fingerprint density at radius 3 is 1.41 bits per heavy atom. The summed E-state index contributed by atoms with van der Waals surface area (Å²) in [5.74, 6) is 0.407. The summed E-state index contributed by atoms with van der Waals surface area (Å²) in [4.78, 5) is 13.3. The predicted molar refractivity (Wildman–Crippen MR) is 287 cm³/mol. The van der Waals surface area contributed by atoms with Gasteiger partial charge in [0, 0.05) is 6.42 Å². The Bertz CT molecular complexity index is 1340. The fourth-order valence-electron chi connectivity index (χ4n) is 10.3. The van der Waals surface area contributed by atoms with Crippen molar-refractivity contribution in [1.29, 1.82) is 0 Å². The van der Waals surface area contributed by atoms with Gasteiger partial charge in [-0.05, 0) is 42.7 Å². The molecule has 1 aliphatic carbocycles. The highest BCUT2D eigenvalue weighted by atomic mass is 16.7. The van der Waals surface area contributed by atoms with E-state index in [2.05, 4.69) is 31.3 Å². The van der Waals surface area contributed by atoms with Crippen LogP contribution < -0.4 is 5.32 Å². The van der Waals surface area contributed by atoms with Gasteiger partial charge in [0.15, 0.2) is 6.29 Å². The summed E-state index contributed by atoms with van der Waals surface area (Å²) >= 11 is 0. The van der Waals surface area contributed by atoms with Gasteiger partial charge in [-0.15, -0.1) is 0 Å². The number of amides is 1. The second-order valence-electron chi connectivity index (χ2n) is 21.8. The minimum absolute atomic E-state index is 0.168. The minimum atomic E-state index is -1.52. The second-order valence-corrected chi connectivity index (χ2v) is 21.8. The summed E-state index contributed by atoms with van der Waals surface area (Å²) in [6.07, 6.45) is 39.0. The van der Waals surface area contributed by atoms with Gasteiger partial charge in [0.25, 0.3) is 0 Å². The molecule has 8 atom stereocenters. The van der Waals surface area contributed by atoms with E-state index in [4.69, 9.17) is 14.2 Å². The van der Waals surface area contributed by atoms with Gasteiger partial charge in [-0.3, -0.25) is 4.79 Å². The monoisotopic (exact) mass is 988 g/mol. The number of ether oxygens (including phenoxy) is 3. The zero-order valence-electron chi connectivity index (χ0n) is 45.1. The highest BCUT2D eigenvalue weighted by molar-refractivity contribution is 5.76. The lowest BCUT2D eigenvalue weighted by molar-refractivity contribution is -0.310. The third-order valence-corrected chi connectivity index (χ3v) is 15.2. The number of carbonyl (C=O) groups is 1. The van der Waals surface area contributed by atoms with E-state index in [-0.39, 0.29) is 19.1 Å². The van der Waals surface area contributed by atoms with E-state index in [1.165, 1.54) is 205 Å². The molecule has 10 nitrogen and oxygen atoms in total. The van der Waals surface area contributed by atoms with Crippen LogP contribution in [0.1, 0.15) is 281 Å². The van der Waals surface area contributed by atoms with E-state index in [9.17, 15) is 30.3 Å². The van der Waals surface area contributed by atoms with E-state index in [1.54, 1.807) is 0 Å². The van der Waals surface area contributed by atoms with Crippen molar-refractivity contribution in [2.24, 2.45) is 0 Å². The van der Waals surface area contributed by atoms with Gasteiger partial charge < -0.3 is 45.1 Å². The van der Waals surface area contributed by atoms with Crippen LogP contribution in [-0.4, -0.2) is 93.6 Å². The molecule has 70 heavy (non-hydrogen) atoms. The van der Waals surface area contributed by atoms with Crippen LogP contribution in [0.3, 0.4) is 0 Å². The highest BCUT2D eigenvalue weighted by Gasteiger charge is 2.46. The Kier molecular flexibility index (Phi) is 37.3. The molecule has 2 aliphatic rings. The Balaban J connectivity index is 1.33. The second kappa shape index (κ2) is 41.7. The van der Waals surface area contributed by atoms with Gasteiger partial charge in [-0.25, -0.2) is 0 Å². The number of carbonyl (C=O) groups excluding carboxylic acids is 1. The van der Waals surface area contributed by atoms with Crippen molar-refractivity contribution in [2.75, 3.05) is 13.2 Å². The Morgan fingerprint density at radius 2 is 1.00 bits per heavy atom. The number of aliphatic hydroxyl groups is 5. The molecule has 0 aromatic heterocycles. The lowest BCUT2D eigenvalue weighted by atomic mass is 9.98. The van der Waals surface area contributed by atoms with Gasteiger partial charge in [-0.2, -0.15) is 0 Å². The molecule has 0 unspecified atom stereocenters. The predicted octanol–water partition coefficient (Wildman–Crippen LogP) is 13.6. The molecule has 6 N–H and O–H groups in total. The normalized spacial score (nSPS) is 20.7. The third-order valence-electron chi connectivity index (χ3n) is 15.2.